The summed E-state index contributed by atoms with van der Waals surface area (Å²) in [7, 11) is 0. The van der Waals surface area contributed by atoms with Crippen molar-refractivity contribution in [2.24, 2.45) is 35.0 Å². The summed E-state index contributed by atoms with van der Waals surface area (Å²) in [6, 6.07) is 12.2. The van der Waals surface area contributed by atoms with Gasteiger partial charge >= 0.3 is 6.03 Å². The number of urea groups is 1. The van der Waals surface area contributed by atoms with Gasteiger partial charge in [-0.2, -0.15) is 11.8 Å². The third kappa shape index (κ3) is 32.6. The van der Waals surface area contributed by atoms with Gasteiger partial charge in [-0.3, -0.25) is 71.9 Å². The molecule has 123 heavy (non-hydrogen) atoms. The molecule has 3 aliphatic rings. The van der Waals surface area contributed by atoms with Gasteiger partial charge < -0.3 is 112 Å². The number of imidazole rings is 1. The number of carbonyl (C=O) groups is 16. The zero-order valence-corrected chi connectivity index (χ0v) is 71.4. The van der Waals surface area contributed by atoms with Gasteiger partial charge in [-0.15, -0.1) is 0 Å². The van der Waals surface area contributed by atoms with Crippen LogP contribution in [0.2, 0.25) is 0 Å². The zero-order valence-electron chi connectivity index (χ0n) is 70.6. The fraction of sp³-hybridized carbons (Fsp3) is 0.560. The maximum Gasteiger partial charge on any atom is 0.315 e. The number of aliphatic hydroxyl groups excluding tert-OH is 1. The van der Waals surface area contributed by atoms with Gasteiger partial charge in [0.05, 0.1) is 56.4 Å². The summed E-state index contributed by atoms with van der Waals surface area (Å²) in [5.41, 5.74) is 20.1. The van der Waals surface area contributed by atoms with Crippen LogP contribution >= 0.6 is 11.8 Å². The van der Waals surface area contributed by atoms with E-state index in [9.17, 15) is 81.8 Å². The van der Waals surface area contributed by atoms with Crippen LogP contribution in [-0.4, -0.2) is 250 Å². The third-order valence-electron chi connectivity index (χ3n) is 21.3. The lowest BCUT2D eigenvalue weighted by molar-refractivity contribution is -0.143. The summed E-state index contributed by atoms with van der Waals surface area (Å²) >= 11 is 1.81. The van der Waals surface area contributed by atoms with Crippen LogP contribution in [0.1, 0.15) is 141 Å². The third-order valence-corrected chi connectivity index (χ3v) is 22.9. The average molecular weight is 1730 g/mol. The Labute approximate surface area is 720 Å². The van der Waals surface area contributed by atoms with Crippen molar-refractivity contribution >= 4 is 106 Å². The first-order valence-electron chi connectivity index (χ1n) is 42.1. The van der Waals surface area contributed by atoms with Crippen molar-refractivity contribution < 1.29 is 81.8 Å². The van der Waals surface area contributed by atoms with Crippen molar-refractivity contribution in [3.63, 3.8) is 0 Å². The van der Waals surface area contributed by atoms with Crippen molar-refractivity contribution in [1.29, 1.82) is 0 Å². The Morgan fingerprint density at radius 1 is 0.512 bits per heavy atom. The van der Waals surface area contributed by atoms with Gasteiger partial charge in [0, 0.05) is 56.0 Å². The van der Waals surface area contributed by atoms with Gasteiger partial charge in [0.25, 0.3) is 0 Å². The minimum absolute atomic E-state index is 0.0133. The van der Waals surface area contributed by atoms with Crippen LogP contribution < -0.4 is 97.0 Å². The SMILES string of the molecule is CC(C)[C@H](NC(=O)[C@H](CO)NC(=O)[C@H](Cc1ccccc1)NC(=O)[C@@H](NC(=O)[C@@H]1CCCN1C(=O)[C@@H](NC(=O)[C@H](Cc1c[nH]cn1)NC(=O)[C@H](Cc1ccccc1)NC(=O)[C@@H](N)Cc1ccccc1)C(C)C)C(C)C)C(=O)N[C@@H](CCCCN)C(=O)NCC(=O)NCC(=O)NCC(=O)N[C@@H](CCCCNC(=O)CCCC[C@@H]1SC[C@@H]2NC(=O)N[C@@H]21)C(N)=O. The molecular weight excluding hydrogens is 1610 g/mol. The number of thioether (sulfide) groups is 1. The van der Waals surface area contributed by atoms with E-state index in [-0.39, 0.29) is 82.1 Å². The molecule has 14 atom stereocenters. The second kappa shape index (κ2) is 50.7. The number of aliphatic hydroxyl groups is 1. The molecule has 0 saturated carbocycles. The Kier molecular flexibility index (Phi) is 40.6. The molecule has 0 spiro atoms. The minimum Gasteiger partial charge on any atom is -0.394 e. The number of nitrogens with one attached hydrogen (secondary N) is 16. The van der Waals surface area contributed by atoms with Crippen molar-refractivity contribution in [2.45, 2.75) is 228 Å². The lowest BCUT2D eigenvalue weighted by Gasteiger charge is -2.33. The maximum atomic E-state index is 14.9. The molecule has 0 unspecified atom stereocenters. The number of amides is 17. The predicted molar refractivity (Wildman–Crippen MR) is 456 cm³/mol. The summed E-state index contributed by atoms with van der Waals surface area (Å²) in [5, 5.41) is 50.8. The van der Waals surface area contributed by atoms with Crippen molar-refractivity contribution in [3.05, 3.63) is 126 Å². The molecule has 0 bridgehead atoms. The number of nitrogens with zero attached hydrogens (tertiary/aromatic N) is 2. The first-order chi connectivity index (χ1) is 58.8. The molecule has 1 aromatic heterocycles. The van der Waals surface area contributed by atoms with Gasteiger partial charge in [-0.25, -0.2) is 9.78 Å². The Hall–Kier alpha value is -11.6. The number of carbonyl (C=O) groups excluding carboxylic acids is 16. The Bertz CT molecular complexity index is 4190. The standard InChI is InChI=1S/C84H123N21O17S/c1-48(2)69(81(119)95-57(30-18-20-34-85)75(113)92-43-67(109)90-42-66(108)91-44-68(110)94-56(73(87)111)29-19-21-35-89-65(107)33-17-16-32-64-72-62(46-123-64)100-84(122)104-72)101-79(117)61(45-106)99-77(115)59(39-53-27-14-9-15-28-53)98-82(120)70(49(3)4)102-80(118)63-31-22-36-105(63)83(121)71(50(5)6)103-78(116)60(40-54-41-88-47-93-54)97-76(114)58(38-52-25-12-8-13-26-52)96-74(112)55(86)37-51-23-10-7-11-24-51/h7-15,23-28,41,47-50,55-64,69-72,106H,16-22,29-40,42-46,85-86H2,1-6H3,(H2,87,111)(H,88,93)(H,89,107)(H,90,109)(H,91,108)(H,92,113)(H,94,110)(H,95,119)(H,96,112)(H,97,114)(H,98,120)(H,99,115)(H,101,117)(H,102,118)(H,103,116)(H2,100,104,122)/t55-,56-,57-,58-,59-,60-,61-,62-,63-,64-,69-,70-,71-,72-/m0/s1. The molecule has 38 nitrogen and oxygen atoms in total. The molecule has 17 amide bonds. The quantitative estimate of drug-likeness (QED) is 0.0158. The number of nitrogens with two attached hydrogens (primary N) is 3. The molecule has 7 rings (SSSR count). The number of unbranched alkanes of at least 4 members (excludes halogenated alkanes) is 3. The topological polar surface area (TPSA) is 584 Å². The van der Waals surface area contributed by atoms with Crippen LogP contribution in [0.15, 0.2) is 104 Å². The normalized spacial score (nSPS) is 17.7. The number of aromatic nitrogens is 2. The van der Waals surface area contributed by atoms with Crippen LogP contribution in [0.3, 0.4) is 0 Å². The Balaban J connectivity index is 0.893. The fourth-order valence-electron chi connectivity index (χ4n) is 14.4. The highest BCUT2D eigenvalue weighted by atomic mass is 32.2. The van der Waals surface area contributed by atoms with Crippen molar-refractivity contribution in [2.75, 3.05) is 51.6 Å². The summed E-state index contributed by atoms with van der Waals surface area (Å²) in [6.45, 7) is 7.59. The second-order valence-electron chi connectivity index (χ2n) is 32.1. The maximum absolute atomic E-state index is 14.9. The molecule has 672 valence electrons. The van der Waals surface area contributed by atoms with Crippen molar-refractivity contribution in [1.82, 2.24) is 94.6 Å². The molecule has 0 aliphatic carbocycles. The van der Waals surface area contributed by atoms with E-state index >= 15 is 0 Å². The van der Waals surface area contributed by atoms with E-state index in [4.69, 9.17) is 17.2 Å². The highest BCUT2D eigenvalue weighted by Crippen LogP contribution is 2.33. The number of primary amides is 1. The van der Waals surface area contributed by atoms with Gasteiger partial charge in [-0.05, 0) is 112 Å². The first-order valence-corrected chi connectivity index (χ1v) is 43.1. The first kappa shape index (κ1) is 98.5. The molecule has 3 aliphatic heterocycles. The van der Waals surface area contributed by atoms with E-state index in [1.807, 2.05) is 42.1 Å². The van der Waals surface area contributed by atoms with E-state index in [2.05, 4.69) is 89.7 Å². The van der Waals surface area contributed by atoms with Gasteiger partial charge in [0.2, 0.25) is 88.6 Å². The van der Waals surface area contributed by atoms with Gasteiger partial charge in [0.1, 0.15) is 60.4 Å². The lowest BCUT2D eigenvalue weighted by atomic mass is 9.99. The van der Waals surface area contributed by atoms with Crippen LogP contribution in [0.4, 0.5) is 4.79 Å². The average Bonchev–Trinajstić information content (AvgIpc) is 1.76. The molecule has 3 fully saturated rings. The monoisotopic (exact) mass is 1730 g/mol. The van der Waals surface area contributed by atoms with Gasteiger partial charge in [-0.1, -0.05) is 139 Å². The largest absolute Gasteiger partial charge is 0.394 e. The molecule has 0 radical (unpaired) electrons. The van der Waals surface area contributed by atoms with E-state index in [1.165, 1.54) is 17.4 Å². The molecule has 4 aromatic rings. The number of hydrogen-bond acceptors (Lipinski definition) is 21. The Morgan fingerprint density at radius 3 is 1.59 bits per heavy atom. The highest BCUT2D eigenvalue weighted by Gasteiger charge is 2.45. The number of H-pyrrole nitrogens is 1. The highest BCUT2D eigenvalue weighted by molar-refractivity contribution is 8.00. The smallest absolute Gasteiger partial charge is 0.315 e. The van der Waals surface area contributed by atoms with Crippen LogP contribution in [-0.2, 0) is 97.6 Å². The van der Waals surface area contributed by atoms with Crippen molar-refractivity contribution in [3.8, 4) is 0 Å². The summed E-state index contributed by atoms with van der Waals surface area (Å²) in [6.07, 6.45) is 7.91. The fourth-order valence-corrected chi connectivity index (χ4v) is 15.9. The number of aromatic amines is 1. The molecule has 4 heterocycles. The lowest BCUT2D eigenvalue weighted by Crippen LogP contribution is -2.62. The minimum atomic E-state index is -1.74. The van der Waals surface area contributed by atoms with Crippen LogP contribution in [0.5, 0.6) is 0 Å². The molecule has 23 N–H and O–H groups in total. The molecule has 3 saturated heterocycles. The number of fused-ring (bicyclic) bond motifs is 1. The predicted octanol–water partition coefficient (Wildman–Crippen LogP) is -2.70. The number of rotatable bonds is 52. The summed E-state index contributed by atoms with van der Waals surface area (Å²) in [5.74, 6) is -12.4. The van der Waals surface area contributed by atoms with Gasteiger partial charge in [0.15, 0.2) is 0 Å². The van der Waals surface area contributed by atoms with E-state index in [0.29, 0.717) is 73.6 Å². The van der Waals surface area contributed by atoms with E-state index in [0.717, 1.165) is 24.2 Å². The summed E-state index contributed by atoms with van der Waals surface area (Å²) in [4.78, 5) is 227. The summed E-state index contributed by atoms with van der Waals surface area (Å²) < 4.78 is 0. The number of likely N-dealkylation sites (tertiary alicyclic amines) is 1. The van der Waals surface area contributed by atoms with Crippen LogP contribution in [0.25, 0.3) is 0 Å². The van der Waals surface area contributed by atoms with Crippen LogP contribution in [0, 0.1) is 17.8 Å². The van der Waals surface area contributed by atoms with E-state index < -0.39 is 193 Å². The number of benzene rings is 3. The molecule has 39 heteroatoms. The molecular formula is C84H123N21O17S. The zero-order chi connectivity index (χ0) is 89.7. The molecule has 3 aromatic carbocycles. The van der Waals surface area contributed by atoms with E-state index in [1.54, 1.807) is 102 Å². The Morgan fingerprint density at radius 2 is 1.02 bits per heavy atom. The second-order valence-corrected chi connectivity index (χ2v) is 33.4. The number of hydrogen-bond donors (Lipinski definition) is 20.